The molecule has 2 heterocycles. The first-order chi connectivity index (χ1) is 11.7. The van der Waals surface area contributed by atoms with Crippen LogP contribution < -0.4 is 10.6 Å². The zero-order chi connectivity index (χ0) is 16.9. The van der Waals surface area contributed by atoms with Crippen LogP contribution >= 0.6 is 0 Å². The Bertz CT molecular complexity index is 414. The van der Waals surface area contributed by atoms with E-state index in [1.807, 2.05) is 0 Å². The Kier molecular flexibility index (Phi) is 6.36. The van der Waals surface area contributed by atoms with Crippen molar-refractivity contribution in [3.8, 4) is 0 Å². The molecule has 138 valence electrons. The molecular formula is C18H36N6. The summed E-state index contributed by atoms with van der Waals surface area (Å²) in [5.74, 6) is 1.00. The molecule has 2 saturated heterocycles. The van der Waals surface area contributed by atoms with Gasteiger partial charge in [-0.15, -0.1) is 0 Å². The maximum Gasteiger partial charge on any atom is 0.191 e. The molecule has 1 aliphatic carbocycles. The van der Waals surface area contributed by atoms with Crippen molar-refractivity contribution in [2.45, 2.75) is 50.7 Å². The molecule has 0 aromatic rings. The molecular weight excluding hydrogens is 300 g/mol. The Hall–Kier alpha value is -0.850. The van der Waals surface area contributed by atoms with Crippen molar-refractivity contribution in [1.29, 1.82) is 0 Å². The molecule has 1 saturated carbocycles. The predicted octanol–water partition coefficient (Wildman–Crippen LogP) is 0.414. The van der Waals surface area contributed by atoms with Crippen LogP contribution in [0.25, 0.3) is 0 Å². The van der Waals surface area contributed by atoms with E-state index in [4.69, 9.17) is 4.99 Å². The predicted molar refractivity (Wildman–Crippen MR) is 101 cm³/mol. The van der Waals surface area contributed by atoms with Crippen LogP contribution in [-0.2, 0) is 0 Å². The minimum atomic E-state index is 0.524. The van der Waals surface area contributed by atoms with Crippen molar-refractivity contribution in [2.24, 2.45) is 4.99 Å². The van der Waals surface area contributed by atoms with E-state index in [9.17, 15) is 0 Å². The Labute approximate surface area is 147 Å². The summed E-state index contributed by atoms with van der Waals surface area (Å²) in [6.07, 6.45) is 5.33. The second-order valence-electron chi connectivity index (χ2n) is 7.80. The van der Waals surface area contributed by atoms with E-state index in [0.717, 1.165) is 44.7 Å². The molecule has 3 rings (SSSR count). The van der Waals surface area contributed by atoms with Crippen LogP contribution in [0.2, 0.25) is 0 Å². The van der Waals surface area contributed by atoms with Crippen LogP contribution in [0.1, 0.15) is 32.6 Å². The van der Waals surface area contributed by atoms with Crippen LogP contribution in [-0.4, -0.2) is 98.7 Å². The molecule has 0 amide bonds. The summed E-state index contributed by atoms with van der Waals surface area (Å²) in [5, 5.41) is 7.12. The van der Waals surface area contributed by atoms with Gasteiger partial charge in [-0.05, 0) is 46.7 Å². The number of piperazine rings is 1. The number of guanidine groups is 1. The Morgan fingerprint density at radius 3 is 2.46 bits per heavy atom. The number of hydrogen-bond donors (Lipinski definition) is 2. The number of aliphatic imine (C=N–C) groups is 1. The summed E-state index contributed by atoms with van der Waals surface area (Å²) >= 11 is 0. The van der Waals surface area contributed by atoms with Crippen molar-refractivity contribution in [1.82, 2.24) is 25.3 Å². The Morgan fingerprint density at radius 2 is 1.79 bits per heavy atom. The molecule has 2 aliphatic heterocycles. The van der Waals surface area contributed by atoms with Crippen LogP contribution in [0.3, 0.4) is 0 Å². The lowest BCUT2D eigenvalue weighted by Gasteiger charge is -2.37. The van der Waals surface area contributed by atoms with Gasteiger partial charge in [-0.3, -0.25) is 9.89 Å². The minimum absolute atomic E-state index is 0.524. The second kappa shape index (κ2) is 8.50. The quantitative estimate of drug-likeness (QED) is 0.563. The number of rotatable bonds is 5. The average molecular weight is 337 g/mol. The highest BCUT2D eigenvalue weighted by Crippen LogP contribution is 2.29. The summed E-state index contributed by atoms with van der Waals surface area (Å²) < 4.78 is 0. The molecule has 0 radical (unpaired) electrons. The molecule has 24 heavy (non-hydrogen) atoms. The number of hydrogen-bond acceptors (Lipinski definition) is 4. The monoisotopic (exact) mass is 336 g/mol. The van der Waals surface area contributed by atoms with Gasteiger partial charge in [-0.2, -0.15) is 0 Å². The van der Waals surface area contributed by atoms with E-state index in [1.54, 1.807) is 0 Å². The molecule has 6 heteroatoms. The standard InChI is InChI=1S/C18H36N6/c1-4-19-18(20-13-17-14-22(2)11-12-23(17)3)21-15-7-9-24(10-8-15)16-5-6-16/h15-17H,4-14H2,1-3H3,(H2,19,20,21). The van der Waals surface area contributed by atoms with Gasteiger partial charge in [0.05, 0.1) is 6.54 Å². The SMILES string of the molecule is CCNC(=NCC1CN(C)CCN1C)NC1CCN(C2CC2)CC1. The fraction of sp³-hybridized carbons (Fsp3) is 0.944. The number of likely N-dealkylation sites (tertiary alicyclic amines) is 1. The lowest BCUT2D eigenvalue weighted by atomic mass is 10.1. The normalized spacial score (nSPS) is 29.0. The summed E-state index contributed by atoms with van der Waals surface area (Å²) in [4.78, 5) is 12.4. The highest BCUT2D eigenvalue weighted by molar-refractivity contribution is 5.80. The summed E-state index contributed by atoms with van der Waals surface area (Å²) in [6.45, 7) is 9.85. The molecule has 2 N–H and O–H groups in total. The summed E-state index contributed by atoms with van der Waals surface area (Å²) in [6, 6.07) is 2.01. The smallest absolute Gasteiger partial charge is 0.191 e. The van der Waals surface area contributed by atoms with Crippen molar-refractivity contribution in [3.63, 3.8) is 0 Å². The molecule has 0 aromatic heterocycles. The topological polar surface area (TPSA) is 46.1 Å². The zero-order valence-corrected chi connectivity index (χ0v) is 15.8. The van der Waals surface area contributed by atoms with E-state index in [2.05, 4.69) is 46.4 Å². The van der Waals surface area contributed by atoms with Crippen molar-refractivity contribution < 1.29 is 0 Å². The molecule has 1 atom stereocenters. The van der Waals surface area contributed by atoms with Gasteiger partial charge in [-0.25, -0.2) is 0 Å². The van der Waals surface area contributed by atoms with Gasteiger partial charge in [0, 0.05) is 57.4 Å². The van der Waals surface area contributed by atoms with Crippen LogP contribution in [0.4, 0.5) is 0 Å². The fourth-order valence-electron chi connectivity index (χ4n) is 3.86. The van der Waals surface area contributed by atoms with Gasteiger partial charge < -0.3 is 20.4 Å². The number of nitrogens with one attached hydrogen (secondary N) is 2. The first-order valence-electron chi connectivity index (χ1n) is 9.83. The van der Waals surface area contributed by atoms with E-state index in [-0.39, 0.29) is 0 Å². The molecule has 6 nitrogen and oxygen atoms in total. The third kappa shape index (κ3) is 5.07. The molecule has 0 aromatic carbocycles. The maximum atomic E-state index is 4.90. The van der Waals surface area contributed by atoms with Crippen LogP contribution in [0.5, 0.6) is 0 Å². The third-order valence-electron chi connectivity index (χ3n) is 5.72. The van der Waals surface area contributed by atoms with E-state index >= 15 is 0 Å². The van der Waals surface area contributed by atoms with Crippen molar-refractivity contribution in [3.05, 3.63) is 0 Å². The van der Waals surface area contributed by atoms with E-state index in [0.29, 0.717) is 12.1 Å². The lowest BCUT2D eigenvalue weighted by Crippen LogP contribution is -2.52. The fourth-order valence-corrected chi connectivity index (χ4v) is 3.86. The molecule has 3 aliphatic rings. The van der Waals surface area contributed by atoms with Gasteiger partial charge >= 0.3 is 0 Å². The highest BCUT2D eigenvalue weighted by atomic mass is 15.3. The van der Waals surface area contributed by atoms with Gasteiger partial charge in [0.15, 0.2) is 5.96 Å². The zero-order valence-electron chi connectivity index (χ0n) is 15.8. The van der Waals surface area contributed by atoms with Crippen LogP contribution in [0.15, 0.2) is 4.99 Å². The first-order valence-corrected chi connectivity index (χ1v) is 9.83. The maximum absolute atomic E-state index is 4.90. The van der Waals surface area contributed by atoms with Gasteiger partial charge in [-0.1, -0.05) is 0 Å². The first kappa shape index (κ1) is 18.0. The number of nitrogens with zero attached hydrogens (tertiary/aromatic N) is 4. The highest BCUT2D eigenvalue weighted by Gasteiger charge is 2.32. The van der Waals surface area contributed by atoms with E-state index in [1.165, 1.54) is 38.8 Å². The number of likely N-dealkylation sites (N-methyl/N-ethyl adjacent to an activating group) is 2. The molecule has 1 unspecified atom stereocenters. The number of piperidine rings is 1. The lowest BCUT2D eigenvalue weighted by molar-refractivity contribution is 0.119. The minimum Gasteiger partial charge on any atom is -0.357 e. The molecule has 3 fully saturated rings. The second-order valence-corrected chi connectivity index (χ2v) is 7.80. The van der Waals surface area contributed by atoms with Crippen molar-refractivity contribution in [2.75, 3.05) is 59.9 Å². The average Bonchev–Trinajstić information content (AvgIpc) is 3.41. The third-order valence-corrected chi connectivity index (χ3v) is 5.72. The van der Waals surface area contributed by atoms with E-state index < -0.39 is 0 Å². The van der Waals surface area contributed by atoms with Gasteiger partial charge in [0.25, 0.3) is 0 Å². The molecule has 0 spiro atoms. The van der Waals surface area contributed by atoms with Gasteiger partial charge in [0.2, 0.25) is 0 Å². The molecule has 0 bridgehead atoms. The summed E-state index contributed by atoms with van der Waals surface area (Å²) in [5.41, 5.74) is 0. The van der Waals surface area contributed by atoms with Crippen molar-refractivity contribution >= 4 is 5.96 Å². The Balaban J connectivity index is 1.48. The van der Waals surface area contributed by atoms with Crippen LogP contribution in [0, 0.1) is 0 Å². The summed E-state index contributed by atoms with van der Waals surface area (Å²) in [7, 11) is 4.43. The largest absolute Gasteiger partial charge is 0.357 e. The van der Waals surface area contributed by atoms with Gasteiger partial charge in [0.1, 0.15) is 0 Å². The Morgan fingerprint density at radius 1 is 1.04 bits per heavy atom.